The van der Waals surface area contributed by atoms with Crippen LogP contribution in [0.1, 0.15) is 12.8 Å². The molecule has 0 aromatic carbocycles. The van der Waals surface area contributed by atoms with Crippen LogP contribution in [0.5, 0.6) is 0 Å². The number of aromatic amines is 1. The quantitative estimate of drug-likeness (QED) is 0.636. The third kappa shape index (κ3) is 3.82. The molecule has 1 aliphatic rings. The first-order valence-corrected chi connectivity index (χ1v) is 8.55. The second-order valence-electron chi connectivity index (χ2n) is 6.45. The van der Waals surface area contributed by atoms with E-state index >= 15 is 0 Å². The molecule has 3 N–H and O–H groups in total. The Bertz CT molecular complexity index is 996. The van der Waals surface area contributed by atoms with E-state index < -0.39 is 17.8 Å². The van der Waals surface area contributed by atoms with Gasteiger partial charge in [-0.2, -0.15) is 0 Å². The van der Waals surface area contributed by atoms with Gasteiger partial charge in [0.25, 0.3) is 5.92 Å². The molecule has 1 aliphatic heterocycles. The Morgan fingerprint density at radius 2 is 1.82 bits per heavy atom. The van der Waals surface area contributed by atoms with Gasteiger partial charge < -0.3 is 20.5 Å². The lowest BCUT2D eigenvalue weighted by atomic mass is 10.1. The lowest BCUT2D eigenvalue weighted by molar-refractivity contribution is -0.0222. The predicted molar refractivity (Wildman–Crippen MR) is 97.1 cm³/mol. The number of rotatable bonds is 3. The topological polar surface area (TPSA) is 98.8 Å². The maximum Gasteiger partial charge on any atom is 0.323 e. The van der Waals surface area contributed by atoms with E-state index in [2.05, 4.69) is 30.6 Å². The third-order valence-corrected chi connectivity index (χ3v) is 4.42. The fraction of sp³-hybridized carbons (Fsp3) is 0.294. The first-order chi connectivity index (χ1) is 13.4. The van der Waals surface area contributed by atoms with E-state index in [1.54, 1.807) is 4.90 Å². The van der Waals surface area contributed by atoms with Crippen molar-refractivity contribution in [3.8, 4) is 0 Å². The van der Waals surface area contributed by atoms with E-state index in [-0.39, 0.29) is 25.9 Å². The summed E-state index contributed by atoms with van der Waals surface area (Å²) < 4.78 is 39.8. The molecule has 0 saturated carbocycles. The van der Waals surface area contributed by atoms with Gasteiger partial charge in [-0.25, -0.2) is 32.9 Å². The summed E-state index contributed by atoms with van der Waals surface area (Å²) in [6.45, 7) is 0.344. The van der Waals surface area contributed by atoms with Crippen molar-refractivity contribution in [2.75, 3.05) is 28.6 Å². The molecule has 1 saturated heterocycles. The monoisotopic (exact) mass is 391 g/mol. The summed E-state index contributed by atoms with van der Waals surface area (Å²) in [7, 11) is 0. The van der Waals surface area contributed by atoms with Crippen molar-refractivity contribution in [3.63, 3.8) is 0 Å². The number of aromatic nitrogens is 4. The SMILES string of the molecule is O=C(Nc1cnc(N2CCC(F)(F)CC2)nc1)Nc1c[nH]c2ncc(F)cc12. The molecule has 0 spiro atoms. The van der Waals surface area contributed by atoms with Crippen LogP contribution in [0.15, 0.2) is 30.9 Å². The molecule has 146 valence electrons. The van der Waals surface area contributed by atoms with Crippen molar-refractivity contribution in [1.29, 1.82) is 0 Å². The molecule has 3 aromatic rings. The average Bonchev–Trinajstić information content (AvgIpc) is 3.04. The molecule has 0 aliphatic carbocycles. The first kappa shape index (κ1) is 18.0. The zero-order valence-corrected chi connectivity index (χ0v) is 14.5. The molecule has 0 radical (unpaired) electrons. The second-order valence-corrected chi connectivity index (χ2v) is 6.45. The van der Waals surface area contributed by atoms with Gasteiger partial charge in [0.2, 0.25) is 5.95 Å². The van der Waals surface area contributed by atoms with Crippen molar-refractivity contribution >= 4 is 34.4 Å². The summed E-state index contributed by atoms with van der Waals surface area (Å²) in [6.07, 6.45) is 4.89. The van der Waals surface area contributed by atoms with Gasteiger partial charge in [-0.05, 0) is 6.07 Å². The molecule has 0 bridgehead atoms. The Morgan fingerprint density at radius 1 is 1.11 bits per heavy atom. The maximum atomic E-state index is 13.3. The largest absolute Gasteiger partial charge is 0.344 e. The molecule has 4 rings (SSSR count). The smallest absolute Gasteiger partial charge is 0.323 e. The Kier molecular flexibility index (Phi) is 4.49. The number of halogens is 3. The van der Waals surface area contributed by atoms with Gasteiger partial charge in [-0.3, -0.25) is 0 Å². The zero-order valence-electron chi connectivity index (χ0n) is 14.5. The Labute approximate surface area is 157 Å². The van der Waals surface area contributed by atoms with E-state index in [9.17, 15) is 18.0 Å². The minimum Gasteiger partial charge on any atom is -0.344 e. The van der Waals surface area contributed by atoms with E-state index in [1.165, 1.54) is 24.7 Å². The van der Waals surface area contributed by atoms with E-state index in [0.29, 0.717) is 28.4 Å². The van der Waals surface area contributed by atoms with Gasteiger partial charge in [-0.1, -0.05) is 0 Å². The summed E-state index contributed by atoms with van der Waals surface area (Å²) >= 11 is 0. The molecule has 8 nitrogen and oxygen atoms in total. The summed E-state index contributed by atoms with van der Waals surface area (Å²) in [5.74, 6) is -2.83. The summed E-state index contributed by atoms with van der Waals surface area (Å²) in [5, 5.41) is 5.59. The molecular weight excluding hydrogens is 375 g/mol. The molecule has 4 heterocycles. The fourth-order valence-corrected chi connectivity index (χ4v) is 2.95. The number of alkyl halides is 2. The number of anilines is 3. The predicted octanol–water partition coefficient (Wildman–Crippen LogP) is 3.37. The molecule has 2 amide bonds. The van der Waals surface area contributed by atoms with Crippen LogP contribution in [-0.2, 0) is 0 Å². The highest BCUT2D eigenvalue weighted by Gasteiger charge is 2.34. The molecule has 1 fully saturated rings. The Balaban J connectivity index is 1.39. The van der Waals surface area contributed by atoms with E-state index in [0.717, 1.165) is 6.20 Å². The Hall–Kier alpha value is -3.37. The normalized spacial score (nSPS) is 16.2. The second kappa shape index (κ2) is 6.98. The number of nitrogens with one attached hydrogen (secondary N) is 3. The van der Waals surface area contributed by atoms with Gasteiger partial charge in [0.15, 0.2) is 0 Å². The van der Waals surface area contributed by atoms with Gasteiger partial charge in [0.05, 0.1) is 30.0 Å². The van der Waals surface area contributed by atoms with Gasteiger partial charge in [0.1, 0.15) is 11.5 Å². The highest BCUT2D eigenvalue weighted by atomic mass is 19.3. The lowest BCUT2D eigenvalue weighted by Gasteiger charge is -2.31. The minimum absolute atomic E-state index is 0.172. The number of carbonyl (C=O) groups is 1. The zero-order chi connectivity index (χ0) is 19.7. The number of nitrogens with zero attached hydrogens (tertiary/aromatic N) is 4. The Morgan fingerprint density at radius 3 is 2.54 bits per heavy atom. The van der Waals surface area contributed by atoms with Crippen molar-refractivity contribution in [2.45, 2.75) is 18.8 Å². The summed E-state index contributed by atoms with van der Waals surface area (Å²) in [5.41, 5.74) is 1.13. The molecule has 0 unspecified atom stereocenters. The summed E-state index contributed by atoms with van der Waals surface area (Å²) in [6, 6.07) is 0.688. The van der Waals surface area contributed by atoms with Crippen molar-refractivity contribution in [1.82, 2.24) is 19.9 Å². The van der Waals surface area contributed by atoms with Crippen LogP contribution in [0.25, 0.3) is 11.0 Å². The number of pyridine rings is 1. The number of amides is 2. The van der Waals surface area contributed by atoms with Crippen LogP contribution in [0.2, 0.25) is 0 Å². The van der Waals surface area contributed by atoms with Crippen molar-refractivity contribution in [2.24, 2.45) is 0 Å². The third-order valence-electron chi connectivity index (χ3n) is 4.42. The number of urea groups is 1. The van der Waals surface area contributed by atoms with Crippen molar-refractivity contribution in [3.05, 3.63) is 36.7 Å². The molecular formula is C17H16F3N7O. The number of hydrogen-bond donors (Lipinski definition) is 3. The van der Waals surface area contributed by atoms with Crippen LogP contribution in [-0.4, -0.2) is 45.0 Å². The highest BCUT2D eigenvalue weighted by molar-refractivity contribution is 6.05. The van der Waals surface area contributed by atoms with Crippen LogP contribution in [0.4, 0.5) is 35.3 Å². The minimum atomic E-state index is -2.64. The number of fused-ring (bicyclic) bond motifs is 1. The van der Waals surface area contributed by atoms with E-state index in [1.807, 2.05) is 0 Å². The van der Waals surface area contributed by atoms with Crippen LogP contribution in [0, 0.1) is 5.82 Å². The van der Waals surface area contributed by atoms with Gasteiger partial charge >= 0.3 is 6.03 Å². The maximum absolute atomic E-state index is 13.3. The lowest BCUT2D eigenvalue weighted by Crippen LogP contribution is -2.40. The molecule has 28 heavy (non-hydrogen) atoms. The summed E-state index contributed by atoms with van der Waals surface area (Å²) in [4.78, 5) is 28.8. The van der Waals surface area contributed by atoms with Crippen molar-refractivity contribution < 1.29 is 18.0 Å². The standard InChI is InChI=1S/C17H16F3N7O/c18-10-5-12-13(9-22-14(12)21-6-10)26-16(28)25-11-7-23-15(24-8-11)27-3-1-17(19,20)2-4-27/h5-9H,1-4H2,(H,21,22)(H2,25,26,28). The number of H-pyrrole nitrogens is 1. The molecule has 11 heteroatoms. The van der Waals surface area contributed by atoms with Crippen LogP contribution < -0.4 is 15.5 Å². The molecule has 3 aromatic heterocycles. The highest BCUT2D eigenvalue weighted by Crippen LogP contribution is 2.29. The first-order valence-electron chi connectivity index (χ1n) is 8.55. The number of hydrogen-bond acceptors (Lipinski definition) is 5. The average molecular weight is 391 g/mol. The number of carbonyl (C=O) groups excluding carboxylic acids is 1. The van der Waals surface area contributed by atoms with Crippen LogP contribution >= 0.6 is 0 Å². The number of piperidine rings is 1. The van der Waals surface area contributed by atoms with E-state index in [4.69, 9.17) is 0 Å². The van der Waals surface area contributed by atoms with Crippen LogP contribution in [0.3, 0.4) is 0 Å². The van der Waals surface area contributed by atoms with Gasteiger partial charge in [0, 0.05) is 37.5 Å². The fourth-order valence-electron chi connectivity index (χ4n) is 2.95. The molecule has 0 atom stereocenters. The van der Waals surface area contributed by atoms with Gasteiger partial charge in [-0.15, -0.1) is 0 Å².